The second-order valence-corrected chi connectivity index (χ2v) is 5.72. The van der Waals surface area contributed by atoms with Gasteiger partial charge < -0.3 is 19.7 Å². The molecule has 0 saturated carbocycles. The summed E-state index contributed by atoms with van der Waals surface area (Å²) in [6.07, 6.45) is 0.415. The van der Waals surface area contributed by atoms with E-state index in [0.717, 1.165) is 6.07 Å². The predicted octanol–water partition coefficient (Wildman–Crippen LogP) is 2.62. The fourth-order valence-electron chi connectivity index (χ4n) is 3.01. The van der Waals surface area contributed by atoms with E-state index in [1.165, 1.54) is 0 Å². The van der Waals surface area contributed by atoms with Crippen LogP contribution in [0.3, 0.4) is 0 Å². The Balaban J connectivity index is 0.00000176. The Labute approximate surface area is 139 Å². The molecule has 4 nitrogen and oxygen atoms in total. The zero-order valence-corrected chi connectivity index (χ0v) is 13.6. The Morgan fingerprint density at radius 3 is 3.00 bits per heavy atom. The molecule has 0 aromatic heterocycles. The van der Waals surface area contributed by atoms with E-state index in [4.69, 9.17) is 21.1 Å². The summed E-state index contributed by atoms with van der Waals surface area (Å²) in [6.45, 7) is 2.35. The number of nitrogens with one attached hydrogen (secondary N) is 1. The summed E-state index contributed by atoms with van der Waals surface area (Å²) in [4.78, 5) is 1.85. The van der Waals surface area contributed by atoms with Crippen molar-refractivity contribution in [1.29, 1.82) is 0 Å². The van der Waals surface area contributed by atoms with E-state index in [2.05, 4.69) is 5.32 Å². The van der Waals surface area contributed by atoms with Gasteiger partial charge >= 0.3 is 0 Å². The molecule has 2 atom stereocenters. The van der Waals surface area contributed by atoms with Crippen LogP contribution in [0.25, 0.3) is 0 Å². The second-order valence-electron chi connectivity index (χ2n) is 5.31. The lowest BCUT2D eigenvalue weighted by atomic mass is 10.1. The van der Waals surface area contributed by atoms with Gasteiger partial charge in [-0.15, -0.1) is 12.4 Å². The third kappa shape index (κ3) is 3.11. The number of methoxy groups -OCH3 is 1. The third-order valence-corrected chi connectivity index (χ3v) is 4.19. The molecule has 8 heteroatoms. The SMILES string of the molecule is COC[C@H]1C[C@@H]2CNCCN2c2c(F)c(F)cc(Cl)c2O1.Cl. The zero-order valence-electron chi connectivity index (χ0n) is 12.1. The van der Waals surface area contributed by atoms with E-state index in [1.54, 1.807) is 7.11 Å². The van der Waals surface area contributed by atoms with Crippen molar-refractivity contribution in [2.24, 2.45) is 0 Å². The normalized spacial score (nSPS) is 23.7. The maximum atomic E-state index is 14.3. The molecule has 0 bridgehead atoms. The van der Waals surface area contributed by atoms with E-state index in [1.807, 2.05) is 4.90 Å². The van der Waals surface area contributed by atoms with Gasteiger partial charge in [-0.3, -0.25) is 0 Å². The molecule has 124 valence electrons. The molecule has 0 unspecified atom stereocenters. The van der Waals surface area contributed by atoms with Crippen molar-refractivity contribution in [3.05, 3.63) is 22.7 Å². The number of hydrogen-bond donors (Lipinski definition) is 1. The van der Waals surface area contributed by atoms with Crippen LogP contribution in [0, 0.1) is 11.6 Å². The molecule has 3 rings (SSSR count). The molecule has 2 aliphatic rings. The number of ether oxygens (including phenoxy) is 2. The molecule has 0 spiro atoms. The Bertz CT molecular complexity index is 548. The van der Waals surface area contributed by atoms with Crippen LogP contribution in [0.2, 0.25) is 5.02 Å². The van der Waals surface area contributed by atoms with Crippen LogP contribution < -0.4 is 15.0 Å². The standard InChI is InChI=1S/C14H17ClF2N2O2.ClH/c1-20-7-9-4-8-6-18-2-3-19(8)13-12(17)11(16)5-10(15)14(13)21-9;/h5,8-9,18H,2-4,6-7H2,1H3;1H/t8-,9-;/m1./s1. The topological polar surface area (TPSA) is 33.7 Å². The minimum atomic E-state index is -0.954. The number of piperazine rings is 1. The van der Waals surface area contributed by atoms with Crippen LogP contribution in [0.15, 0.2) is 6.07 Å². The molecule has 1 N–H and O–H groups in total. The number of hydrogen-bond acceptors (Lipinski definition) is 4. The number of benzene rings is 1. The lowest BCUT2D eigenvalue weighted by Gasteiger charge is -2.37. The van der Waals surface area contributed by atoms with Crippen molar-refractivity contribution in [3.63, 3.8) is 0 Å². The zero-order chi connectivity index (χ0) is 15.0. The summed E-state index contributed by atoms with van der Waals surface area (Å²) >= 11 is 6.07. The monoisotopic (exact) mass is 354 g/mol. The van der Waals surface area contributed by atoms with Crippen molar-refractivity contribution in [3.8, 4) is 5.75 Å². The number of nitrogens with zero attached hydrogens (tertiary/aromatic N) is 1. The average molecular weight is 355 g/mol. The van der Waals surface area contributed by atoms with Gasteiger partial charge in [-0.1, -0.05) is 11.6 Å². The van der Waals surface area contributed by atoms with Gasteiger partial charge in [0.15, 0.2) is 17.4 Å². The Morgan fingerprint density at radius 2 is 2.27 bits per heavy atom. The van der Waals surface area contributed by atoms with Gasteiger partial charge in [-0.25, -0.2) is 8.78 Å². The maximum Gasteiger partial charge on any atom is 0.186 e. The fourth-order valence-corrected chi connectivity index (χ4v) is 3.24. The number of fused-ring (bicyclic) bond motifs is 3. The molecule has 0 radical (unpaired) electrons. The predicted molar refractivity (Wildman–Crippen MR) is 83.5 cm³/mol. The van der Waals surface area contributed by atoms with Crippen LogP contribution in [0.4, 0.5) is 14.5 Å². The number of anilines is 1. The highest BCUT2D eigenvalue weighted by Crippen LogP contribution is 2.43. The van der Waals surface area contributed by atoms with Crippen LogP contribution in [-0.4, -0.2) is 45.5 Å². The second kappa shape index (κ2) is 7.17. The van der Waals surface area contributed by atoms with E-state index in [-0.39, 0.29) is 41.0 Å². The Kier molecular flexibility index (Phi) is 5.71. The van der Waals surface area contributed by atoms with E-state index in [0.29, 0.717) is 32.7 Å². The first-order chi connectivity index (χ1) is 10.1. The highest BCUT2D eigenvalue weighted by molar-refractivity contribution is 6.32. The number of halogens is 4. The van der Waals surface area contributed by atoms with Crippen molar-refractivity contribution >= 4 is 29.7 Å². The Morgan fingerprint density at radius 1 is 1.50 bits per heavy atom. The summed E-state index contributed by atoms with van der Waals surface area (Å²) in [5.41, 5.74) is 0.130. The summed E-state index contributed by atoms with van der Waals surface area (Å²) < 4.78 is 39.0. The molecule has 1 fully saturated rings. The highest BCUT2D eigenvalue weighted by Gasteiger charge is 2.36. The molecule has 2 heterocycles. The van der Waals surface area contributed by atoms with Crippen molar-refractivity contribution in [2.75, 3.05) is 38.3 Å². The summed E-state index contributed by atoms with van der Waals surface area (Å²) in [7, 11) is 1.58. The van der Waals surface area contributed by atoms with Gasteiger partial charge in [0.05, 0.1) is 11.6 Å². The van der Waals surface area contributed by atoms with Gasteiger partial charge in [-0.2, -0.15) is 0 Å². The van der Waals surface area contributed by atoms with Crippen molar-refractivity contribution < 1.29 is 18.3 Å². The minimum Gasteiger partial charge on any atom is -0.484 e. The van der Waals surface area contributed by atoms with Crippen molar-refractivity contribution in [1.82, 2.24) is 5.32 Å². The van der Waals surface area contributed by atoms with Crippen LogP contribution in [0.5, 0.6) is 5.75 Å². The van der Waals surface area contributed by atoms with Crippen LogP contribution in [-0.2, 0) is 4.74 Å². The Hall–Kier alpha value is -0.820. The molecule has 2 aliphatic heterocycles. The van der Waals surface area contributed by atoms with E-state index in [9.17, 15) is 8.78 Å². The third-order valence-electron chi connectivity index (χ3n) is 3.91. The summed E-state index contributed by atoms with van der Waals surface area (Å²) in [5, 5.41) is 3.35. The first kappa shape index (κ1) is 17.5. The lowest BCUT2D eigenvalue weighted by Crippen LogP contribution is -2.52. The summed E-state index contributed by atoms with van der Waals surface area (Å²) in [6, 6.07) is 0.981. The van der Waals surface area contributed by atoms with Gasteiger partial charge in [0, 0.05) is 39.2 Å². The van der Waals surface area contributed by atoms with Crippen LogP contribution >= 0.6 is 24.0 Å². The molecule has 22 heavy (non-hydrogen) atoms. The molecular formula is C14H18Cl2F2N2O2. The molecule has 1 aromatic carbocycles. The van der Waals surface area contributed by atoms with Gasteiger partial charge in [-0.05, 0) is 6.07 Å². The largest absolute Gasteiger partial charge is 0.484 e. The minimum absolute atomic E-state index is 0. The molecule has 0 amide bonds. The molecular weight excluding hydrogens is 337 g/mol. The van der Waals surface area contributed by atoms with E-state index < -0.39 is 11.6 Å². The smallest absolute Gasteiger partial charge is 0.186 e. The highest BCUT2D eigenvalue weighted by atomic mass is 35.5. The van der Waals surface area contributed by atoms with Gasteiger partial charge in [0.25, 0.3) is 0 Å². The fraction of sp³-hybridized carbons (Fsp3) is 0.571. The molecule has 0 aliphatic carbocycles. The first-order valence-electron chi connectivity index (χ1n) is 6.92. The van der Waals surface area contributed by atoms with Crippen molar-refractivity contribution in [2.45, 2.75) is 18.6 Å². The lowest BCUT2D eigenvalue weighted by molar-refractivity contribution is 0.0745. The number of rotatable bonds is 2. The molecule has 1 saturated heterocycles. The van der Waals surface area contributed by atoms with Gasteiger partial charge in [0.2, 0.25) is 0 Å². The quantitative estimate of drug-likeness (QED) is 0.827. The van der Waals surface area contributed by atoms with Gasteiger partial charge in [0.1, 0.15) is 11.8 Å². The maximum absolute atomic E-state index is 14.3. The average Bonchev–Trinajstić information content (AvgIpc) is 2.62. The summed E-state index contributed by atoms with van der Waals surface area (Å²) in [5.74, 6) is -1.65. The first-order valence-corrected chi connectivity index (χ1v) is 7.30. The van der Waals surface area contributed by atoms with E-state index >= 15 is 0 Å². The van der Waals surface area contributed by atoms with Crippen LogP contribution in [0.1, 0.15) is 6.42 Å². The molecule has 1 aromatic rings.